The standard InChI is InChI=1S/C48H41FN10O4/c1-5-39-29(4)37(11-14-51-39)31-7-9-41-33(20-31)22-42(58(41)48(24-28(48)3)45-52-46(61)63-54-45)44(60)55-15-12-40-38(26-55)43(59(53-40)36-19-27(2)18-34(49)23-36)57-17-16-56(47(57)62)35-8-6-32-25-50-13-10-30(32)21-35/h6-11,13-14,16-23,25,28H,5,12,15,24,26H2,1-4H3,(H,52,54,61)/t28-,48-/m0/s1. The number of carbonyl (C=O) groups is 1. The van der Waals surface area contributed by atoms with Crippen LogP contribution in [0.4, 0.5) is 4.39 Å². The minimum Gasteiger partial charge on any atom is -0.332 e. The zero-order valence-corrected chi connectivity index (χ0v) is 35.0. The van der Waals surface area contributed by atoms with Crippen molar-refractivity contribution in [1.29, 1.82) is 0 Å². The second kappa shape index (κ2) is 14.2. The highest BCUT2D eigenvalue weighted by Crippen LogP contribution is 2.56. The molecule has 14 nitrogen and oxygen atoms in total. The lowest BCUT2D eigenvalue weighted by molar-refractivity contribution is 0.0721. The minimum atomic E-state index is -0.843. The molecule has 15 heteroatoms. The molecule has 11 rings (SSSR count). The average molecular weight is 841 g/mol. The Labute approximate surface area is 358 Å². The normalized spacial score (nSPS) is 17.2. The smallest absolute Gasteiger partial charge is 0.332 e. The number of pyridine rings is 2. The van der Waals surface area contributed by atoms with Crippen LogP contribution in [0.25, 0.3) is 50.0 Å². The molecule has 1 fully saturated rings. The molecule has 1 aliphatic carbocycles. The molecule has 7 heterocycles. The maximum atomic E-state index is 15.3. The Morgan fingerprint density at radius 1 is 0.937 bits per heavy atom. The van der Waals surface area contributed by atoms with Gasteiger partial charge in [0.1, 0.15) is 22.9 Å². The predicted octanol–water partition coefficient (Wildman–Crippen LogP) is 7.36. The van der Waals surface area contributed by atoms with Gasteiger partial charge in [0.2, 0.25) is 0 Å². The van der Waals surface area contributed by atoms with Gasteiger partial charge in [-0.2, -0.15) is 5.10 Å². The number of halogens is 1. The molecule has 1 N–H and O–H groups in total. The zero-order valence-electron chi connectivity index (χ0n) is 35.0. The van der Waals surface area contributed by atoms with E-state index in [0.29, 0.717) is 64.9 Å². The van der Waals surface area contributed by atoms with Crippen LogP contribution in [0.5, 0.6) is 0 Å². The first-order valence-corrected chi connectivity index (χ1v) is 21.0. The lowest BCUT2D eigenvalue weighted by Gasteiger charge is -2.29. The molecule has 0 unspecified atom stereocenters. The molecule has 3 aromatic carbocycles. The van der Waals surface area contributed by atoms with Crippen LogP contribution < -0.4 is 11.4 Å². The number of fused-ring (bicyclic) bond motifs is 3. The number of nitrogens with one attached hydrogen (secondary N) is 1. The molecule has 1 amide bonds. The Bertz CT molecular complexity index is 3440. The molecule has 314 valence electrons. The van der Waals surface area contributed by atoms with Crippen molar-refractivity contribution in [2.24, 2.45) is 5.92 Å². The lowest BCUT2D eigenvalue weighted by atomic mass is 9.98. The number of rotatable bonds is 8. The Morgan fingerprint density at radius 3 is 2.56 bits per heavy atom. The van der Waals surface area contributed by atoms with Gasteiger partial charge in [-0.25, -0.2) is 18.7 Å². The number of hydrogen-bond acceptors (Lipinski definition) is 8. The summed E-state index contributed by atoms with van der Waals surface area (Å²) in [6.45, 7) is 8.48. The Morgan fingerprint density at radius 2 is 1.78 bits per heavy atom. The molecule has 2 aliphatic rings. The molecule has 0 saturated heterocycles. The number of aromatic amines is 1. The van der Waals surface area contributed by atoms with Gasteiger partial charge in [0.15, 0.2) is 5.82 Å². The largest absolute Gasteiger partial charge is 0.438 e. The molecule has 0 spiro atoms. The number of benzene rings is 3. The number of aryl methyl sites for hydroxylation is 2. The van der Waals surface area contributed by atoms with Gasteiger partial charge in [-0.05, 0) is 121 Å². The van der Waals surface area contributed by atoms with Crippen molar-refractivity contribution >= 4 is 27.6 Å². The molecule has 1 aliphatic heterocycles. The van der Waals surface area contributed by atoms with E-state index in [-0.39, 0.29) is 24.1 Å². The number of amides is 1. The Balaban J connectivity index is 1.05. The molecule has 0 bridgehead atoms. The third-order valence-electron chi connectivity index (χ3n) is 13.0. The summed E-state index contributed by atoms with van der Waals surface area (Å²) in [5, 5.41) is 11.9. The number of aromatic nitrogens is 9. The van der Waals surface area contributed by atoms with Gasteiger partial charge in [0.05, 0.1) is 23.6 Å². The SMILES string of the molecule is CCc1nccc(-c2ccc3c(c2)cc(C(=O)N2CCc4nn(-c5cc(C)cc(F)c5)c(-n5ccn(-c6ccc7cnccc7c6)c5=O)c4C2)n3[C@@]2(c3noc(=O)[nH]3)C[C@@H]2C)c1C. The second-order valence-corrected chi connectivity index (χ2v) is 16.7. The monoisotopic (exact) mass is 840 g/mol. The van der Waals surface area contributed by atoms with Gasteiger partial charge < -0.3 is 9.47 Å². The van der Waals surface area contributed by atoms with E-state index in [0.717, 1.165) is 50.5 Å². The highest BCUT2D eigenvalue weighted by Gasteiger charge is 2.59. The average Bonchev–Trinajstić information content (AvgIpc) is 3.77. The third kappa shape index (κ3) is 6.01. The first kappa shape index (κ1) is 38.3. The maximum Gasteiger partial charge on any atom is 0.438 e. The van der Waals surface area contributed by atoms with Crippen molar-refractivity contribution in [1.82, 2.24) is 48.5 Å². The molecular weight excluding hydrogens is 800 g/mol. The summed E-state index contributed by atoms with van der Waals surface area (Å²) in [5.41, 5.74) is 7.36. The van der Waals surface area contributed by atoms with Crippen molar-refractivity contribution in [3.63, 3.8) is 0 Å². The van der Waals surface area contributed by atoms with Gasteiger partial charge in [0.25, 0.3) is 5.91 Å². The molecule has 9 aromatic rings. The van der Waals surface area contributed by atoms with E-state index < -0.39 is 17.1 Å². The quantitative estimate of drug-likeness (QED) is 0.167. The van der Waals surface area contributed by atoms with E-state index in [1.54, 1.807) is 45.9 Å². The van der Waals surface area contributed by atoms with Crippen LogP contribution >= 0.6 is 0 Å². The first-order valence-electron chi connectivity index (χ1n) is 21.0. The van der Waals surface area contributed by atoms with Gasteiger partial charge in [-0.3, -0.25) is 33.4 Å². The number of carbonyl (C=O) groups excluding carboxylic acids is 1. The van der Waals surface area contributed by atoms with E-state index >= 15 is 9.18 Å². The minimum absolute atomic E-state index is 0.0114. The fraction of sp³-hybridized carbons (Fsp3) is 0.229. The fourth-order valence-electron chi connectivity index (χ4n) is 9.71. The summed E-state index contributed by atoms with van der Waals surface area (Å²) in [6.07, 6.45) is 10.5. The summed E-state index contributed by atoms with van der Waals surface area (Å²) >= 11 is 0. The summed E-state index contributed by atoms with van der Waals surface area (Å²) in [5.74, 6) is -0.565. The topological polar surface area (TPSA) is 155 Å². The highest BCUT2D eigenvalue weighted by atomic mass is 19.1. The molecule has 2 atom stereocenters. The summed E-state index contributed by atoms with van der Waals surface area (Å²) in [6, 6.07) is 22.4. The Hall–Kier alpha value is -7.68. The molecule has 0 radical (unpaired) electrons. The van der Waals surface area contributed by atoms with Crippen LogP contribution in [0.3, 0.4) is 0 Å². The first-order chi connectivity index (χ1) is 30.5. The van der Waals surface area contributed by atoms with E-state index in [1.165, 1.54) is 16.7 Å². The second-order valence-electron chi connectivity index (χ2n) is 16.7. The number of hydrogen-bond donors (Lipinski definition) is 1. The fourth-order valence-corrected chi connectivity index (χ4v) is 9.71. The molecular formula is C48H41FN10O4. The molecule has 1 saturated carbocycles. The van der Waals surface area contributed by atoms with Crippen LogP contribution in [0.15, 0.2) is 118 Å². The maximum absolute atomic E-state index is 15.3. The van der Waals surface area contributed by atoms with Gasteiger partial charge >= 0.3 is 11.4 Å². The van der Waals surface area contributed by atoms with Crippen LogP contribution in [0.1, 0.15) is 64.7 Å². The molecule has 6 aromatic heterocycles. The van der Waals surface area contributed by atoms with Crippen molar-refractivity contribution in [2.75, 3.05) is 6.54 Å². The Kier molecular flexibility index (Phi) is 8.62. The number of nitrogens with zero attached hydrogens (tertiary/aromatic N) is 9. The van der Waals surface area contributed by atoms with E-state index in [2.05, 4.69) is 53.0 Å². The van der Waals surface area contributed by atoms with Crippen LogP contribution in [0.2, 0.25) is 0 Å². The zero-order chi connectivity index (χ0) is 43.3. The molecule has 63 heavy (non-hydrogen) atoms. The van der Waals surface area contributed by atoms with Crippen molar-refractivity contribution in [3.05, 3.63) is 170 Å². The van der Waals surface area contributed by atoms with E-state index in [1.807, 2.05) is 59.3 Å². The van der Waals surface area contributed by atoms with E-state index in [4.69, 9.17) is 9.62 Å². The van der Waals surface area contributed by atoms with Crippen molar-refractivity contribution < 1.29 is 13.7 Å². The number of H-pyrrole nitrogens is 1. The predicted molar refractivity (Wildman–Crippen MR) is 234 cm³/mol. The van der Waals surface area contributed by atoms with E-state index in [9.17, 15) is 9.59 Å². The lowest BCUT2D eigenvalue weighted by Crippen LogP contribution is -2.39. The van der Waals surface area contributed by atoms with Gasteiger partial charge in [-0.1, -0.05) is 31.1 Å². The summed E-state index contributed by atoms with van der Waals surface area (Å²) < 4.78 is 26.8. The summed E-state index contributed by atoms with van der Waals surface area (Å²) in [7, 11) is 0. The highest BCUT2D eigenvalue weighted by molar-refractivity contribution is 6.00. The van der Waals surface area contributed by atoms with Crippen molar-refractivity contribution in [2.45, 2.75) is 59.0 Å². The van der Waals surface area contributed by atoms with Gasteiger partial charge in [0, 0.05) is 71.5 Å². The number of imidazole rings is 1. The summed E-state index contributed by atoms with van der Waals surface area (Å²) in [4.78, 5) is 55.6. The van der Waals surface area contributed by atoms with Crippen molar-refractivity contribution in [3.8, 4) is 28.3 Å². The third-order valence-corrected chi connectivity index (χ3v) is 13.0. The van der Waals surface area contributed by atoms with Crippen LogP contribution in [-0.2, 0) is 24.9 Å². The van der Waals surface area contributed by atoms with Gasteiger partial charge in [-0.15, -0.1) is 0 Å². The van der Waals surface area contributed by atoms with Crippen LogP contribution in [-0.4, -0.2) is 60.9 Å². The van der Waals surface area contributed by atoms with Crippen LogP contribution in [0, 0.1) is 25.6 Å².